The third-order valence-electron chi connectivity index (χ3n) is 11.9. The van der Waals surface area contributed by atoms with Crippen molar-refractivity contribution in [1.29, 1.82) is 0 Å². The molecule has 0 unspecified atom stereocenters. The van der Waals surface area contributed by atoms with Crippen molar-refractivity contribution in [2.45, 2.75) is 0 Å². The molecule has 0 spiro atoms. The molecule has 5 nitrogen and oxygen atoms in total. The lowest BCUT2D eigenvalue weighted by molar-refractivity contribution is 0.979. The van der Waals surface area contributed by atoms with E-state index in [4.69, 9.17) is 15.1 Å². The summed E-state index contributed by atoms with van der Waals surface area (Å²) >= 11 is 0. The molecule has 0 radical (unpaired) electrons. The molecule has 0 N–H and O–H groups in total. The zero-order valence-electron chi connectivity index (χ0n) is 33.6. The zero-order valence-corrected chi connectivity index (χ0v) is 33.6. The highest BCUT2D eigenvalue weighted by molar-refractivity contribution is 6.10. The molecule has 12 aromatic rings. The van der Waals surface area contributed by atoms with Gasteiger partial charge in [0.1, 0.15) is 5.69 Å². The number of rotatable bonds is 7. The highest BCUT2D eigenvalue weighted by Gasteiger charge is 2.22. The van der Waals surface area contributed by atoms with Crippen molar-refractivity contribution < 1.29 is 0 Å². The van der Waals surface area contributed by atoms with E-state index in [0.29, 0.717) is 5.82 Å². The Morgan fingerprint density at radius 2 is 0.871 bits per heavy atom. The van der Waals surface area contributed by atoms with E-state index < -0.39 is 0 Å². The molecule has 0 aliphatic rings. The molecule has 0 saturated carbocycles. The summed E-state index contributed by atoms with van der Waals surface area (Å²) < 4.78 is 4.48. The van der Waals surface area contributed by atoms with Crippen LogP contribution in [0, 0.1) is 0 Å². The zero-order chi connectivity index (χ0) is 41.0. The van der Waals surface area contributed by atoms with Crippen LogP contribution in [-0.2, 0) is 0 Å². The van der Waals surface area contributed by atoms with Gasteiger partial charge in [-0.25, -0.2) is 14.5 Å². The molecule has 290 valence electrons. The van der Waals surface area contributed by atoms with Crippen molar-refractivity contribution in [2.75, 3.05) is 0 Å². The van der Waals surface area contributed by atoms with Gasteiger partial charge in [0.05, 0.1) is 33.6 Å². The number of hydrogen-bond donors (Lipinski definition) is 0. The van der Waals surface area contributed by atoms with E-state index in [1.54, 1.807) is 0 Å². The average molecular weight is 792 g/mol. The predicted octanol–water partition coefficient (Wildman–Crippen LogP) is 14.4. The molecule has 8 aromatic carbocycles. The van der Waals surface area contributed by atoms with Crippen LogP contribution in [0.4, 0.5) is 0 Å². The van der Waals surface area contributed by atoms with Gasteiger partial charge in [-0.3, -0.25) is 0 Å². The summed E-state index contributed by atoms with van der Waals surface area (Å²) in [6.07, 6.45) is 0. The first-order chi connectivity index (χ1) is 30.7. The molecule has 0 saturated heterocycles. The maximum Gasteiger partial charge on any atom is 0.160 e. The van der Waals surface area contributed by atoms with Crippen LogP contribution in [0.1, 0.15) is 0 Å². The minimum absolute atomic E-state index is 0.669. The molecule has 0 bridgehead atoms. The van der Waals surface area contributed by atoms with Crippen LogP contribution in [0.25, 0.3) is 111 Å². The fourth-order valence-corrected chi connectivity index (χ4v) is 9.05. The second-order valence-corrected chi connectivity index (χ2v) is 15.7. The van der Waals surface area contributed by atoms with Crippen LogP contribution >= 0.6 is 0 Å². The van der Waals surface area contributed by atoms with E-state index in [-0.39, 0.29) is 0 Å². The summed E-state index contributed by atoms with van der Waals surface area (Å²) in [5, 5.41) is 10.2. The summed E-state index contributed by atoms with van der Waals surface area (Å²) in [7, 11) is 0. The number of nitrogens with zero attached hydrogens (tertiary/aromatic N) is 5. The Labute approximate surface area is 358 Å². The van der Waals surface area contributed by atoms with Crippen LogP contribution in [0.15, 0.2) is 224 Å². The first-order valence-corrected chi connectivity index (χ1v) is 20.9. The van der Waals surface area contributed by atoms with Gasteiger partial charge in [0, 0.05) is 55.2 Å². The molecule has 0 aliphatic heterocycles. The fraction of sp³-hybridized carbons (Fsp3) is 0. The van der Waals surface area contributed by atoms with Gasteiger partial charge in [-0.2, -0.15) is 5.10 Å². The molecule has 5 heteroatoms. The van der Waals surface area contributed by atoms with Gasteiger partial charge in [-0.15, -0.1) is 0 Å². The maximum atomic E-state index is 5.41. The van der Waals surface area contributed by atoms with Gasteiger partial charge < -0.3 is 4.57 Å². The quantitative estimate of drug-likeness (QED) is 0.162. The van der Waals surface area contributed by atoms with E-state index in [1.807, 2.05) is 6.07 Å². The van der Waals surface area contributed by atoms with Crippen LogP contribution in [-0.4, -0.2) is 24.1 Å². The molecule has 62 heavy (non-hydrogen) atoms. The standard InChI is InChI=1S/C57H37N5/c1-4-17-38(18-5-1)49-37-50(59-57(58-49)44-24-16-25-45(35-44)61-51-29-14-12-27-47(51)48-28-13-15-30-52(48)61)39-31-33-40(34-32-39)53-36-43-23-10-11-26-46(43)56-54(41-19-6-2-7-20-41)55(60-62(53)56)42-21-8-3-9-22-42/h1-37H. The fourth-order valence-electron chi connectivity index (χ4n) is 9.05. The summed E-state index contributed by atoms with van der Waals surface area (Å²) in [5.74, 6) is 0.669. The number of benzene rings is 8. The van der Waals surface area contributed by atoms with Crippen LogP contribution in [0.2, 0.25) is 0 Å². The Morgan fingerprint density at radius 1 is 0.355 bits per heavy atom. The van der Waals surface area contributed by atoms with Crippen molar-refractivity contribution in [3.05, 3.63) is 224 Å². The third-order valence-corrected chi connectivity index (χ3v) is 11.9. The van der Waals surface area contributed by atoms with Crippen LogP contribution in [0.5, 0.6) is 0 Å². The highest BCUT2D eigenvalue weighted by Crippen LogP contribution is 2.41. The Kier molecular flexibility index (Phi) is 8.42. The number of para-hydroxylation sites is 2. The molecular formula is C57H37N5. The van der Waals surface area contributed by atoms with Crippen molar-refractivity contribution in [3.63, 3.8) is 0 Å². The monoisotopic (exact) mass is 791 g/mol. The first kappa shape index (κ1) is 35.5. The predicted molar refractivity (Wildman–Crippen MR) is 255 cm³/mol. The highest BCUT2D eigenvalue weighted by atomic mass is 15.2. The van der Waals surface area contributed by atoms with Crippen molar-refractivity contribution in [3.8, 4) is 73.2 Å². The molecule has 4 aromatic heterocycles. The molecule has 0 aliphatic carbocycles. The minimum Gasteiger partial charge on any atom is -0.309 e. The molecule has 0 amide bonds. The Morgan fingerprint density at radius 3 is 1.53 bits per heavy atom. The lowest BCUT2D eigenvalue weighted by Crippen LogP contribution is -1.98. The van der Waals surface area contributed by atoms with Gasteiger partial charge in [0.2, 0.25) is 0 Å². The maximum absolute atomic E-state index is 5.41. The van der Waals surface area contributed by atoms with E-state index in [9.17, 15) is 0 Å². The summed E-state index contributed by atoms with van der Waals surface area (Å²) in [6.45, 7) is 0. The Bertz CT molecular complexity index is 3550. The second kappa shape index (κ2) is 14.7. The van der Waals surface area contributed by atoms with Crippen LogP contribution in [0.3, 0.4) is 0 Å². The van der Waals surface area contributed by atoms with E-state index in [2.05, 4.69) is 227 Å². The van der Waals surface area contributed by atoms with Gasteiger partial charge in [0.15, 0.2) is 5.82 Å². The van der Waals surface area contributed by atoms with Crippen LogP contribution < -0.4 is 0 Å². The number of hydrogen-bond acceptors (Lipinski definition) is 3. The average Bonchev–Trinajstić information content (AvgIpc) is 3.92. The third kappa shape index (κ3) is 5.98. The van der Waals surface area contributed by atoms with Gasteiger partial charge >= 0.3 is 0 Å². The largest absolute Gasteiger partial charge is 0.309 e. The lowest BCUT2D eigenvalue weighted by atomic mass is 9.97. The normalized spacial score (nSPS) is 11.5. The summed E-state index contributed by atoms with van der Waals surface area (Å²) in [6, 6.07) is 79.0. The van der Waals surface area contributed by atoms with Gasteiger partial charge in [0.25, 0.3) is 0 Å². The lowest BCUT2D eigenvalue weighted by Gasteiger charge is -2.13. The summed E-state index contributed by atoms with van der Waals surface area (Å²) in [4.78, 5) is 10.5. The minimum atomic E-state index is 0.669. The summed E-state index contributed by atoms with van der Waals surface area (Å²) in [5.41, 5.74) is 15.5. The smallest absolute Gasteiger partial charge is 0.160 e. The topological polar surface area (TPSA) is 48.0 Å². The van der Waals surface area contributed by atoms with Crippen molar-refractivity contribution >= 4 is 38.1 Å². The molecule has 0 atom stereocenters. The Balaban J connectivity index is 1.00. The number of pyridine rings is 1. The SMILES string of the molecule is c1ccc(-c2cc(-c3ccc(-c4cc5ccccc5c5c(-c6ccccc6)c(-c6ccccc6)nn45)cc3)nc(-c3cccc(-n4c5ccccc5c5ccccc54)c3)n2)cc1. The van der Waals surface area contributed by atoms with E-state index >= 15 is 0 Å². The van der Waals surface area contributed by atoms with E-state index in [0.717, 1.165) is 94.7 Å². The van der Waals surface area contributed by atoms with Gasteiger partial charge in [-0.1, -0.05) is 188 Å². The van der Waals surface area contributed by atoms with Crippen molar-refractivity contribution in [1.82, 2.24) is 24.1 Å². The van der Waals surface area contributed by atoms with Crippen molar-refractivity contribution in [2.24, 2.45) is 0 Å². The number of aromatic nitrogens is 5. The second-order valence-electron chi connectivity index (χ2n) is 15.7. The Hall–Kier alpha value is -8.41. The number of fused-ring (bicyclic) bond motifs is 6. The molecular weight excluding hydrogens is 755 g/mol. The first-order valence-electron chi connectivity index (χ1n) is 20.9. The molecule has 0 fully saturated rings. The molecule has 12 rings (SSSR count). The van der Waals surface area contributed by atoms with E-state index in [1.165, 1.54) is 10.8 Å². The van der Waals surface area contributed by atoms with Gasteiger partial charge in [-0.05, 0) is 47.3 Å². The molecule has 4 heterocycles.